The van der Waals surface area contributed by atoms with Crippen LogP contribution in [0.1, 0.15) is 12.5 Å². The molecule has 0 saturated carbocycles. The van der Waals surface area contributed by atoms with Gasteiger partial charge in [0.2, 0.25) is 10.0 Å². The smallest absolute Gasteiger partial charge is 0.243 e. The SMILES string of the molecule is Cc1ccccc1S(=O)(=O)N(C)C(C)CN.Cl. The Morgan fingerprint density at radius 1 is 1.35 bits per heavy atom. The number of rotatable bonds is 4. The average molecular weight is 279 g/mol. The third kappa shape index (κ3) is 3.42. The molecule has 1 aromatic carbocycles. The van der Waals surface area contributed by atoms with Gasteiger partial charge in [-0.2, -0.15) is 4.31 Å². The Hall–Kier alpha value is -0.620. The van der Waals surface area contributed by atoms with Crippen molar-refractivity contribution in [2.24, 2.45) is 5.73 Å². The molecular formula is C11H19ClN2O2S. The monoisotopic (exact) mass is 278 g/mol. The quantitative estimate of drug-likeness (QED) is 0.905. The summed E-state index contributed by atoms with van der Waals surface area (Å²) in [7, 11) is -1.87. The summed E-state index contributed by atoms with van der Waals surface area (Å²) in [6.45, 7) is 3.88. The van der Waals surface area contributed by atoms with Crippen molar-refractivity contribution in [3.63, 3.8) is 0 Å². The zero-order valence-electron chi connectivity index (χ0n) is 10.3. The van der Waals surface area contributed by atoms with Crippen LogP contribution in [0.2, 0.25) is 0 Å². The van der Waals surface area contributed by atoms with Crippen LogP contribution in [0, 0.1) is 6.92 Å². The van der Waals surface area contributed by atoms with Crippen molar-refractivity contribution < 1.29 is 8.42 Å². The van der Waals surface area contributed by atoms with Crippen molar-refractivity contribution in [2.45, 2.75) is 24.8 Å². The second-order valence-electron chi connectivity index (χ2n) is 3.87. The van der Waals surface area contributed by atoms with Gasteiger partial charge in [-0.1, -0.05) is 18.2 Å². The number of benzene rings is 1. The van der Waals surface area contributed by atoms with Gasteiger partial charge in [0.25, 0.3) is 0 Å². The fraction of sp³-hybridized carbons (Fsp3) is 0.455. The van der Waals surface area contributed by atoms with E-state index in [2.05, 4.69) is 0 Å². The minimum Gasteiger partial charge on any atom is -0.329 e. The first kappa shape index (κ1) is 16.4. The van der Waals surface area contributed by atoms with Crippen LogP contribution in [0.4, 0.5) is 0 Å². The fourth-order valence-corrected chi connectivity index (χ4v) is 2.98. The molecule has 0 amide bonds. The summed E-state index contributed by atoms with van der Waals surface area (Å²) in [5, 5.41) is 0. The van der Waals surface area contributed by atoms with Crippen LogP contribution >= 0.6 is 12.4 Å². The highest BCUT2D eigenvalue weighted by Crippen LogP contribution is 2.19. The number of aryl methyl sites for hydroxylation is 1. The van der Waals surface area contributed by atoms with E-state index in [0.29, 0.717) is 11.4 Å². The van der Waals surface area contributed by atoms with E-state index >= 15 is 0 Å². The summed E-state index contributed by atoms with van der Waals surface area (Å²) in [6, 6.07) is 6.74. The van der Waals surface area contributed by atoms with E-state index in [0.717, 1.165) is 5.56 Å². The minimum absolute atomic E-state index is 0. The molecule has 17 heavy (non-hydrogen) atoms. The first-order chi connectivity index (χ1) is 7.41. The number of hydrogen-bond donors (Lipinski definition) is 1. The first-order valence-corrected chi connectivity index (χ1v) is 6.59. The molecule has 1 aromatic rings. The molecule has 2 N–H and O–H groups in total. The summed E-state index contributed by atoms with van der Waals surface area (Å²) >= 11 is 0. The number of likely N-dealkylation sites (N-methyl/N-ethyl adjacent to an activating group) is 1. The zero-order valence-corrected chi connectivity index (χ0v) is 11.9. The Morgan fingerprint density at radius 3 is 2.35 bits per heavy atom. The lowest BCUT2D eigenvalue weighted by molar-refractivity contribution is 0.394. The molecule has 0 aliphatic rings. The molecule has 1 atom stereocenters. The summed E-state index contributed by atoms with van der Waals surface area (Å²) in [4.78, 5) is 0.345. The van der Waals surface area contributed by atoms with Gasteiger partial charge in [0, 0.05) is 19.6 Å². The van der Waals surface area contributed by atoms with Gasteiger partial charge in [0.05, 0.1) is 4.90 Å². The largest absolute Gasteiger partial charge is 0.329 e. The van der Waals surface area contributed by atoms with Gasteiger partial charge in [-0.05, 0) is 25.5 Å². The average Bonchev–Trinajstić information content (AvgIpc) is 2.27. The maximum atomic E-state index is 12.2. The molecule has 0 radical (unpaired) electrons. The molecule has 0 heterocycles. The normalized spacial score (nSPS) is 13.2. The van der Waals surface area contributed by atoms with Gasteiger partial charge >= 0.3 is 0 Å². The molecule has 0 bridgehead atoms. The second-order valence-corrected chi connectivity index (χ2v) is 5.84. The van der Waals surface area contributed by atoms with Crippen molar-refractivity contribution in [1.82, 2.24) is 4.31 Å². The highest BCUT2D eigenvalue weighted by molar-refractivity contribution is 7.89. The van der Waals surface area contributed by atoms with Gasteiger partial charge in [0.15, 0.2) is 0 Å². The lowest BCUT2D eigenvalue weighted by atomic mass is 10.2. The maximum absolute atomic E-state index is 12.2. The highest BCUT2D eigenvalue weighted by Gasteiger charge is 2.25. The maximum Gasteiger partial charge on any atom is 0.243 e. The van der Waals surface area contributed by atoms with Crippen molar-refractivity contribution in [2.75, 3.05) is 13.6 Å². The van der Waals surface area contributed by atoms with Crippen LogP contribution in [-0.4, -0.2) is 32.4 Å². The molecule has 0 spiro atoms. The number of halogens is 1. The predicted octanol–water partition coefficient (Wildman–Crippen LogP) is 1.38. The van der Waals surface area contributed by atoms with E-state index in [1.54, 1.807) is 39.1 Å². The molecule has 0 aromatic heterocycles. The van der Waals surface area contributed by atoms with Gasteiger partial charge in [-0.25, -0.2) is 8.42 Å². The van der Waals surface area contributed by atoms with E-state index in [1.165, 1.54) is 4.31 Å². The number of nitrogens with two attached hydrogens (primary N) is 1. The highest BCUT2D eigenvalue weighted by atomic mass is 35.5. The molecule has 0 aliphatic heterocycles. The first-order valence-electron chi connectivity index (χ1n) is 5.15. The third-order valence-corrected chi connectivity index (χ3v) is 4.84. The molecular weight excluding hydrogens is 260 g/mol. The van der Waals surface area contributed by atoms with Crippen molar-refractivity contribution in [3.8, 4) is 0 Å². The van der Waals surface area contributed by atoms with E-state index < -0.39 is 10.0 Å². The Balaban J connectivity index is 0.00000256. The van der Waals surface area contributed by atoms with Crippen LogP contribution in [-0.2, 0) is 10.0 Å². The molecule has 98 valence electrons. The van der Waals surface area contributed by atoms with Crippen LogP contribution in [0.25, 0.3) is 0 Å². The number of nitrogens with zero attached hydrogens (tertiary/aromatic N) is 1. The molecule has 6 heteroatoms. The fourth-order valence-electron chi connectivity index (χ4n) is 1.39. The van der Waals surface area contributed by atoms with E-state index in [1.807, 2.05) is 6.07 Å². The van der Waals surface area contributed by atoms with Gasteiger partial charge in [-0.3, -0.25) is 0 Å². The van der Waals surface area contributed by atoms with E-state index in [4.69, 9.17) is 5.73 Å². The van der Waals surface area contributed by atoms with Crippen LogP contribution in [0.5, 0.6) is 0 Å². The Morgan fingerprint density at radius 2 is 1.88 bits per heavy atom. The number of sulfonamides is 1. The molecule has 0 fully saturated rings. The molecule has 4 nitrogen and oxygen atoms in total. The van der Waals surface area contributed by atoms with Crippen LogP contribution < -0.4 is 5.73 Å². The number of hydrogen-bond acceptors (Lipinski definition) is 3. The molecule has 0 saturated heterocycles. The Kier molecular flexibility index (Phi) is 6.12. The Bertz CT molecular complexity index is 462. The molecule has 1 rings (SSSR count). The van der Waals surface area contributed by atoms with Gasteiger partial charge in [-0.15, -0.1) is 12.4 Å². The van der Waals surface area contributed by atoms with Crippen molar-refractivity contribution in [3.05, 3.63) is 29.8 Å². The Labute approximate surface area is 109 Å². The zero-order chi connectivity index (χ0) is 12.3. The van der Waals surface area contributed by atoms with Crippen molar-refractivity contribution >= 4 is 22.4 Å². The molecule has 1 unspecified atom stereocenters. The van der Waals surface area contributed by atoms with Crippen LogP contribution in [0.3, 0.4) is 0 Å². The van der Waals surface area contributed by atoms with Gasteiger partial charge < -0.3 is 5.73 Å². The van der Waals surface area contributed by atoms with Crippen LogP contribution in [0.15, 0.2) is 29.2 Å². The van der Waals surface area contributed by atoms with Gasteiger partial charge in [0.1, 0.15) is 0 Å². The summed E-state index contributed by atoms with van der Waals surface area (Å²) < 4.78 is 25.8. The van der Waals surface area contributed by atoms with Crippen molar-refractivity contribution in [1.29, 1.82) is 0 Å². The third-order valence-electron chi connectivity index (χ3n) is 2.71. The van der Waals surface area contributed by atoms with E-state index in [9.17, 15) is 8.42 Å². The second kappa shape index (κ2) is 6.35. The summed E-state index contributed by atoms with van der Waals surface area (Å²) in [6.07, 6.45) is 0. The van der Waals surface area contributed by atoms with E-state index in [-0.39, 0.29) is 18.4 Å². The lowest BCUT2D eigenvalue weighted by Gasteiger charge is -2.23. The summed E-state index contributed by atoms with van der Waals surface area (Å²) in [5.41, 5.74) is 6.23. The summed E-state index contributed by atoms with van der Waals surface area (Å²) in [5.74, 6) is 0. The molecule has 0 aliphatic carbocycles. The lowest BCUT2D eigenvalue weighted by Crippen LogP contribution is -2.39. The topological polar surface area (TPSA) is 63.4 Å². The minimum atomic E-state index is -3.43. The standard InChI is InChI=1S/C11H18N2O2S.ClH/c1-9-6-4-5-7-11(9)16(14,15)13(3)10(2)8-12;/h4-7,10H,8,12H2,1-3H3;1H. The predicted molar refractivity (Wildman–Crippen MR) is 71.9 cm³/mol.